The SMILES string of the molecule is Cc1nnc(NCc2cnn(C)c2N)s1. The Kier molecular flexibility index (Phi) is 2.55. The predicted octanol–water partition coefficient (Wildman–Crippen LogP) is 0.774. The Balaban J connectivity index is 2.02. The van der Waals surface area contributed by atoms with Crippen LogP contribution >= 0.6 is 11.3 Å². The molecule has 80 valence electrons. The smallest absolute Gasteiger partial charge is 0.205 e. The molecular weight excluding hydrogens is 212 g/mol. The highest BCUT2D eigenvalue weighted by atomic mass is 32.1. The molecule has 0 aliphatic rings. The van der Waals surface area contributed by atoms with Gasteiger partial charge >= 0.3 is 0 Å². The Morgan fingerprint density at radius 1 is 1.53 bits per heavy atom. The number of hydrogen-bond donors (Lipinski definition) is 2. The fraction of sp³-hybridized carbons (Fsp3) is 0.375. The minimum atomic E-state index is 0.619. The standard InChI is InChI=1S/C8H12N6S/c1-5-12-13-8(15-5)10-3-6-4-11-14(2)7(6)9/h4H,3,9H2,1-2H3,(H,10,13). The molecule has 0 aliphatic carbocycles. The highest BCUT2D eigenvalue weighted by Crippen LogP contribution is 2.16. The third-order valence-electron chi connectivity index (χ3n) is 2.02. The average molecular weight is 224 g/mol. The highest BCUT2D eigenvalue weighted by molar-refractivity contribution is 7.15. The van der Waals surface area contributed by atoms with Gasteiger partial charge in [-0.15, -0.1) is 10.2 Å². The summed E-state index contributed by atoms with van der Waals surface area (Å²) in [5.41, 5.74) is 6.76. The van der Waals surface area contributed by atoms with Gasteiger partial charge in [-0.3, -0.25) is 4.68 Å². The Labute approximate surface area is 91.1 Å². The zero-order valence-electron chi connectivity index (χ0n) is 8.56. The molecule has 2 heterocycles. The fourth-order valence-corrected chi connectivity index (χ4v) is 1.75. The lowest BCUT2D eigenvalue weighted by Crippen LogP contribution is -2.03. The summed E-state index contributed by atoms with van der Waals surface area (Å²) in [6.45, 7) is 2.54. The summed E-state index contributed by atoms with van der Waals surface area (Å²) in [6, 6.07) is 0. The molecule has 6 nitrogen and oxygen atoms in total. The second-order valence-electron chi connectivity index (χ2n) is 3.16. The van der Waals surface area contributed by atoms with E-state index in [9.17, 15) is 0 Å². The fourth-order valence-electron chi connectivity index (χ4n) is 1.17. The minimum Gasteiger partial charge on any atom is -0.384 e. The van der Waals surface area contributed by atoms with Crippen LogP contribution in [0.3, 0.4) is 0 Å². The molecule has 0 saturated carbocycles. The topological polar surface area (TPSA) is 81.7 Å². The lowest BCUT2D eigenvalue weighted by molar-refractivity contribution is 0.778. The van der Waals surface area contributed by atoms with Crippen LogP contribution in [0.5, 0.6) is 0 Å². The van der Waals surface area contributed by atoms with E-state index < -0.39 is 0 Å². The van der Waals surface area contributed by atoms with E-state index in [-0.39, 0.29) is 0 Å². The molecule has 2 rings (SSSR count). The number of nitrogens with two attached hydrogens (primary N) is 1. The van der Waals surface area contributed by atoms with Crippen LogP contribution in [0.1, 0.15) is 10.6 Å². The first-order chi connectivity index (χ1) is 7.16. The Morgan fingerprint density at radius 2 is 2.33 bits per heavy atom. The van der Waals surface area contributed by atoms with Crippen LogP contribution in [0.25, 0.3) is 0 Å². The number of nitrogens with one attached hydrogen (secondary N) is 1. The van der Waals surface area contributed by atoms with Crippen molar-refractivity contribution in [2.24, 2.45) is 7.05 Å². The first-order valence-corrected chi connectivity index (χ1v) is 5.29. The molecule has 0 saturated heterocycles. The third kappa shape index (κ3) is 2.07. The summed E-state index contributed by atoms with van der Waals surface area (Å²) in [6.07, 6.45) is 1.75. The van der Waals surface area contributed by atoms with Gasteiger partial charge in [0.05, 0.1) is 6.20 Å². The monoisotopic (exact) mass is 224 g/mol. The van der Waals surface area contributed by atoms with Crippen molar-refractivity contribution < 1.29 is 0 Å². The predicted molar refractivity (Wildman–Crippen MR) is 59.6 cm³/mol. The maximum absolute atomic E-state index is 5.80. The van der Waals surface area contributed by atoms with E-state index in [1.54, 1.807) is 10.9 Å². The third-order valence-corrected chi connectivity index (χ3v) is 2.82. The van der Waals surface area contributed by atoms with Gasteiger partial charge in [-0.05, 0) is 6.92 Å². The van der Waals surface area contributed by atoms with Gasteiger partial charge in [0.1, 0.15) is 10.8 Å². The second-order valence-corrected chi connectivity index (χ2v) is 4.34. The zero-order valence-corrected chi connectivity index (χ0v) is 9.38. The maximum atomic E-state index is 5.80. The van der Waals surface area contributed by atoms with E-state index in [0.717, 1.165) is 15.7 Å². The van der Waals surface area contributed by atoms with E-state index in [4.69, 9.17) is 5.73 Å². The van der Waals surface area contributed by atoms with Gasteiger partial charge in [0, 0.05) is 19.2 Å². The molecule has 2 aromatic heterocycles. The lowest BCUT2D eigenvalue weighted by Gasteiger charge is -2.00. The van der Waals surface area contributed by atoms with Gasteiger partial charge in [0.2, 0.25) is 5.13 Å². The summed E-state index contributed by atoms with van der Waals surface area (Å²) in [7, 11) is 1.81. The van der Waals surface area contributed by atoms with Crippen molar-refractivity contribution >= 4 is 22.3 Å². The molecular formula is C8H12N6S. The molecule has 0 unspecified atom stereocenters. The first-order valence-electron chi connectivity index (χ1n) is 4.47. The molecule has 0 bridgehead atoms. The zero-order chi connectivity index (χ0) is 10.8. The van der Waals surface area contributed by atoms with Crippen molar-refractivity contribution in [3.8, 4) is 0 Å². The normalized spacial score (nSPS) is 10.5. The van der Waals surface area contributed by atoms with E-state index in [2.05, 4.69) is 20.6 Å². The van der Waals surface area contributed by atoms with Crippen molar-refractivity contribution in [2.45, 2.75) is 13.5 Å². The van der Waals surface area contributed by atoms with Gasteiger partial charge in [-0.1, -0.05) is 11.3 Å². The van der Waals surface area contributed by atoms with Crippen LogP contribution in [0.4, 0.5) is 10.9 Å². The number of nitrogen functional groups attached to an aromatic ring is 1. The van der Waals surface area contributed by atoms with Crippen LogP contribution < -0.4 is 11.1 Å². The van der Waals surface area contributed by atoms with Crippen molar-refractivity contribution in [2.75, 3.05) is 11.1 Å². The van der Waals surface area contributed by atoms with E-state index in [0.29, 0.717) is 12.4 Å². The molecule has 0 radical (unpaired) electrons. The molecule has 0 aromatic carbocycles. The number of rotatable bonds is 3. The molecule has 0 fully saturated rings. The Bertz CT molecular complexity index is 459. The number of hydrogen-bond acceptors (Lipinski definition) is 6. The lowest BCUT2D eigenvalue weighted by atomic mass is 10.3. The Hall–Kier alpha value is -1.63. The Morgan fingerprint density at radius 3 is 2.87 bits per heavy atom. The average Bonchev–Trinajstić information content (AvgIpc) is 2.74. The van der Waals surface area contributed by atoms with Gasteiger partial charge in [0.15, 0.2) is 0 Å². The molecule has 0 atom stereocenters. The number of anilines is 2. The molecule has 0 spiro atoms. The van der Waals surface area contributed by atoms with Gasteiger partial charge in [-0.2, -0.15) is 5.10 Å². The van der Waals surface area contributed by atoms with Crippen molar-refractivity contribution in [3.63, 3.8) is 0 Å². The number of aromatic nitrogens is 4. The van der Waals surface area contributed by atoms with E-state index >= 15 is 0 Å². The van der Waals surface area contributed by atoms with Gasteiger partial charge in [0.25, 0.3) is 0 Å². The van der Waals surface area contributed by atoms with Crippen molar-refractivity contribution in [3.05, 3.63) is 16.8 Å². The molecule has 0 amide bonds. The molecule has 2 aromatic rings. The highest BCUT2D eigenvalue weighted by Gasteiger charge is 2.05. The molecule has 7 heteroatoms. The van der Waals surface area contributed by atoms with Crippen LogP contribution in [-0.4, -0.2) is 20.0 Å². The van der Waals surface area contributed by atoms with Crippen LogP contribution in [-0.2, 0) is 13.6 Å². The summed E-state index contributed by atoms with van der Waals surface area (Å²) in [5, 5.41) is 16.8. The minimum absolute atomic E-state index is 0.619. The van der Waals surface area contributed by atoms with Crippen LogP contribution in [0, 0.1) is 6.92 Å². The van der Waals surface area contributed by atoms with Gasteiger partial charge < -0.3 is 11.1 Å². The van der Waals surface area contributed by atoms with Crippen LogP contribution in [0.2, 0.25) is 0 Å². The van der Waals surface area contributed by atoms with E-state index in [1.807, 2.05) is 14.0 Å². The van der Waals surface area contributed by atoms with Crippen LogP contribution in [0.15, 0.2) is 6.20 Å². The molecule has 0 aliphatic heterocycles. The summed E-state index contributed by atoms with van der Waals surface area (Å²) in [5.74, 6) is 0.670. The summed E-state index contributed by atoms with van der Waals surface area (Å²) >= 11 is 1.52. The van der Waals surface area contributed by atoms with Crippen molar-refractivity contribution in [1.29, 1.82) is 0 Å². The molecule has 3 N–H and O–H groups in total. The molecule has 15 heavy (non-hydrogen) atoms. The number of aryl methyl sites for hydroxylation is 2. The summed E-state index contributed by atoms with van der Waals surface area (Å²) < 4.78 is 1.64. The largest absolute Gasteiger partial charge is 0.384 e. The number of nitrogens with zero attached hydrogens (tertiary/aromatic N) is 4. The first kappa shape index (κ1) is 9.91. The second kappa shape index (κ2) is 3.85. The summed E-state index contributed by atoms with van der Waals surface area (Å²) in [4.78, 5) is 0. The van der Waals surface area contributed by atoms with Crippen molar-refractivity contribution in [1.82, 2.24) is 20.0 Å². The quantitative estimate of drug-likeness (QED) is 0.805. The maximum Gasteiger partial charge on any atom is 0.205 e. The van der Waals surface area contributed by atoms with E-state index in [1.165, 1.54) is 11.3 Å². The van der Waals surface area contributed by atoms with Gasteiger partial charge in [-0.25, -0.2) is 0 Å².